The highest BCUT2D eigenvalue weighted by atomic mass is 35.5. The first-order valence-electron chi connectivity index (χ1n) is 7.78. The molecule has 1 heterocycles. The molecule has 1 aliphatic rings. The molecule has 0 aliphatic carbocycles. The van der Waals surface area contributed by atoms with Gasteiger partial charge in [0.1, 0.15) is 4.90 Å². The SMILES string of the molecule is C=CCNS(=O)(=O)c1cc(C(=O)OCC(=O)N2CCOCC2)ccc1Cl. The Morgan fingerprint density at radius 3 is 2.69 bits per heavy atom. The Morgan fingerprint density at radius 1 is 1.35 bits per heavy atom. The number of hydrogen-bond donors (Lipinski definition) is 1. The van der Waals surface area contributed by atoms with Gasteiger partial charge in [0.15, 0.2) is 6.61 Å². The number of nitrogens with zero attached hydrogens (tertiary/aromatic N) is 1. The lowest BCUT2D eigenvalue weighted by Gasteiger charge is -2.26. The van der Waals surface area contributed by atoms with Crippen LogP contribution in [0.5, 0.6) is 0 Å². The molecule has 1 aromatic carbocycles. The maximum atomic E-state index is 12.2. The minimum Gasteiger partial charge on any atom is -0.452 e. The van der Waals surface area contributed by atoms with Crippen LogP contribution >= 0.6 is 11.6 Å². The van der Waals surface area contributed by atoms with E-state index in [0.29, 0.717) is 26.3 Å². The lowest BCUT2D eigenvalue weighted by Crippen LogP contribution is -2.42. The van der Waals surface area contributed by atoms with Gasteiger partial charge in [-0.25, -0.2) is 17.9 Å². The molecule has 1 aliphatic heterocycles. The van der Waals surface area contributed by atoms with Crippen LogP contribution in [0.4, 0.5) is 0 Å². The van der Waals surface area contributed by atoms with Crippen LogP contribution < -0.4 is 4.72 Å². The number of hydrogen-bond acceptors (Lipinski definition) is 6. The highest BCUT2D eigenvalue weighted by Crippen LogP contribution is 2.23. The van der Waals surface area contributed by atoms with E-state index in [1.54, 1.807) is 0 Å². The molecule has 26 heavy (non-hydrogen) atoms. The predicted octanol–water partition coefficient (Wildman–Crippen LogP) is 0.820. The van der Waals surface area contributed by atoms with Crippen LogP contribution in [0.25, 0.3) is 0 Å². The average Bonchev–Trinajstić information content (AvgIpc) is 2.65. The van der Waals surface area contributed by atoms with E-state index >= 15 is 0 Å². The van der Waals surface area contributed by atoms with Gasteiger partial charge in [0.25, 0.3) is 5.91 Å². The molecule has 10 heteroatoms. The summed E-state index contributed by atoms with van der Waals surface area (Å²) in [5, 5.41) is -0.0393. The van der Waals surface area contributed by atoms with Crippen LogP contribution in [-0.4, -0.2) is 64.6 Å². The van der Waals surface area contributed by atoms with Crippen molar-refractivity contribution >= 4 is 33.5 Å². The van der Waals surface area contributed by atoms with E-state index in [2.05, 4.69) is 11.3 Å². The number of carbonyl (C=O) groups excluding carboxylic acids is 2. The fourth-order valence-corrected chi connectivity index (χ4v) is 3.72. The number of halogens is 1. The maximum Gasteiger partial charge on any atom is 0.338 e. The Hall–Kier alpha value is -1.94. The fraction of sp³-hybridized carbons (Fsp3) is 0.375. The summed E-state index contributed by atoms with van der Waals surface area (Å²) in [5.41, 5.74) is -0.0249. The topological polar surface area (TPSA) is 102 Å². The van der Waals surface area contributed by atoms with Gasteiger partial charge in [-0.15, -0.1) is 6.58 Å². The molecule has 0 bridgehead atoms. The third-order valence-electron chi connectivity index (χ3n) is 3.56. The van der Waals surface area contributed by atoms with Gasteiger partial charge in [-0.3, -0.25) is 4.79 Å². The second-order valence-electron chi connectivity index (χ2n) is 5.36. The number of sulfonamides is 1. The van der Waals surface area contributed by atoms with Crippen molar-refractivity contribution in [1.82, 2.24) is 9.62 Å². The van der Waals surface area contributed by atoms with E-state index in [4.69, 9.17) is 21.1 Å². The van der Waals surface area contributed by atoms with Gasteiger partial charge < -0.3 is 14.4 Å². The van der Waals surface area contributed by atoms with Gasteiger partial charge in [0.2, 0.25) is 10.0 Å². The molecule has 0 spiro atoms. The molecular weight excluding hydrogens is 384 g/mol. The van der Waals surface area contributed by atoms with Crippen molar-refractivity contribution in [3.8, 4) is 0 Å². The lowest BCUT2D eigenvalue weighted by atomic mass is 10.2. The van der Waals surface area contributed by atoms with Crippen molar-refractivity contribution in [2.45, 2.75) is 4.90 Å². The first-order chi connectivity index (χ1) is 12.3. The van der Waals surface area contributed by atoms with Crippen molar-refractivity contribution in [1.29, 1.82) is 0 Å². The number of esters is 1. The Balaban J connectivity index is 2.06. The molecule has 0 unspecified atom stereocenters. The van der Waals surface area contributed by atoms with Gasteiger partial charge in [-0.1, -0.05) is 17.7 Å². The van der Waals surface area contributed by atoms with Crippen LogP contribution in [0.2, 0.25) is 5.02 Å². The smallest absolute Gasteiger partial charge is 0.338 e. The first-order valence-corrected chi connectivity index (χ1v) is 9.64. The molecule has 2 rings (SSSR count). The Labute approximate surface area is 156 Å². The number of benzene rings is 1. The number of ether oxygens (including phenoxy) is 2. The highest BCUT2D eigenvalue weighted by Gasteiger charge is 2.22. The van der Waals surface area contributed by atoms with Gasteiger partial charge in [-0.05, 0) is 18.2 Å². The van der Waals surface area contributed by atoms with Crippen LogP contribution in [-0.2, 0) is 24.3 Å². The Morgan fingerprint density at radius 2 is 2.04 bits per heavy atom. The van der Waals surface area contributed by atoms with Crippen molar-refractivity contribution in [2.24, 2.45) is 0 Å². The minimum atomic E-state index is -3.91. The van der Waals surface area contributed by atoms with E-state index in [9.17, 15) is 18.0 Å². The van der Waals surface area contributed by atoms with E-state index < -0.39 is 22.6 Å². The summed E-state index contributed by atoms with van der Waals surface area (Å²) in [6.07, 6.45) is 1.38. The van der Waals surface area contributed by atoms with Crippen LogP contribution in [0.3, 0.4) is 0 Å². The monoisotopic (exact) mass is 402 g/mol. The van der Waals surface area contributed by atoms with Crippen molar-refractivity contribution in [2.75, 3.05) is 39.5 Å². The third-order valence-corrected chi connectivity index (χ3v) is 5.47. The van der Waals surface area contributed by atoms with E-state index in [0.717, 1.165) is 6.07 Å². The molecule has 1 aromatic rings. The summed E-state index contributed by atoms with van der Waals surface area (Å²) in [5.74, 6) is -1.15. The highest BCUT2D eigenvalue weighted by molar-refractivity contribution is 7.89. The standard InChI is InChI=1S/C16H19ClN2O6S/c1-2-5-18-26(22,23)14-10-12(3-4-13(14)17)16(21)25-11-15(20)19-6-8-24-9-7-19/h2-4,10,18H,1,5-9,11H2. The molecule has 1 N–H and O–H groups in total. The zero-order valence-corrected chi connectivity index (χ0v) is 15.5. The zero-order valence-electron chi connectivity index (χ0n) is 13.9. The summed E-state index contributed by atoms with van der Waals surface area (Å²) in [4.78, 5) is 25.4. The summed E-state index contributed by atoms with van der Waals surface area (Å²) in [6.45, 7) is 4.77. The van der Waals surface area contributed by atoms with Gasteiger partial charge >= 0.3 is 5.97 Å². The van der Waals surface area contributed by atoms with Crippen LogP contribution in [0.15, 0.2) is 35.7 Å². The first kappa shape index (κ1) is 20.4. The molecule has 1 amide bonds. The molecule has 8 nitrogen and oxygen atoms in total. The number of morpholine rings is 1. The number of amides is 1. The largest absolute Gasteiger partial charge is 0.452 e. The lowest BCUT2D eigenvalue weighted by molar-refractivity contribution is -0.138. The van der Waals surface area contributed by atoms with Gasteiger partial charge in [-0.2, -0.15) is 0 Å². The number of nitrogens with one attached hydrogen (secondary N) is 1. The van der Waals surface area contributed by atoms with Crippen molar-refractivity contribution in [3.63, 3.8) is 0 Å². The second-order valence-corrected chi connectivity index (χ2v) is 7.50. The second kappa shape index (κ2) is 9.13. The molecule has 0 saturated carbocycles. The normalized spacial score (nSPS) is 14.7. The zero-order chi connectivity index (χ0) is 19.2. The molecular formula is C16H19ClN2O6S. The summed E-state index contributed by atoms with van der Waals surface area (Å²) < 4.78 is 36.8. The quantitative estimate of drug-likeness (QED) is 0.535. The predicted molar refractivity (Wildman–Crippen MR) is 94.5 cm³/mol. The Bertz CT molecular complexity index is 790. The van der Waals surface area contributed by atoms with Crippen molar-refractivity contribution in [3.05, 3.63) is 41.4 Å². The fourth-order valence-electron chi connectivity index (χ4n) is 2.20. The van der Waals surface area contributed by atoms with Crippen molar-refractivity contribution < 1.29 is 27.5 Å². The average molecular weight is 403 g/mol. The van der Waals surface area contributed by atoms with Gasteiger partial charge in [0, 0.05) is 19.6 Å². The molecule has 0 aromatic heterocycles. The molecule has 1 fully saturated rings. The molecule has 1 saturated heterocycles. The van der Waals surface area contributed by atoms with Crippen LogP contribution in [0, 0.1) is 0 Å². The minimum absolute atomic E-state index is 0.0153. The van der Waals surface area contributed by atoms with E-state index in [1.807, 2.05) is 0 Å². The van der Waals surface area contributed by atoms with E-state index in [1.165, 1.54) is 23.1 Å². The van der Waals surface area contributed by atoms with Crippen LogP contribution in [0.1, 0.15) is 10.4 Å². The summed E-state index contributed by atoms with van der Waals surface area (Å²) >= 11 is 5.92. The third kappa shape index (κ3) is 5.28. The number of carbonyl (C=O) groups is 2. The molecule has 0 radical (unpaired) electrons. The van der Waals surface area contributed by atoms with Gasteiger partial charge in [0.05, 0.1) is 23.8 Å². The van der Waals surface area contributed by atoms with E-state index in [-0.39, 0.29) is 27.9 Å². The molecule has 0 atom stereocenters. The summed E-state index contributed by atoms with van der Waals surface area (Å²) in [7, 11) is -3.91. The number of rotatable bonds is 7. The summed E-state index contributed by atoms with van der Waals surface area (Å²) in [6, 6.07) is 3.72. The molecule has 142 valence electrons. The Kier molecular flexibility index (Phi) is 7.15. The maximum absolute atomic E-state index is 12.2.